The molecule has 1 heterocycles. The first-order valence-corrected chi connectivity index (χ1v) is 11.4. The minimum Gasteiger partial charge on any atom is -0.484 e. The number of carbonyl (C=O) groups is 2. The molecule has 1 aromatic carbocycles. The van der Waals surface area contributed by atoms with Crippen LogP contribution in [0.2, 0.25) is 0 Å². The van der Waals surface area contributed by atoms with Crippen molar-refractivity contribution in [1.29, 1.82) is 0 Å². The third kappa shape index (κ3) is 5.71. The van der Waals surface area contributed by atoms with Gasteiger partial charge in [0.1, 0.15) is 17.8 Å². The highest BCUT2D eigenvalue weighted by atomic mass is 19.4. The fourth-order valence-corrected chi connectivity index (χ4v) is 5.19. The molecule has 4 atom stereocenters. The second kappa shape index (κ2) is 9.43. The maximum absolute atomic E-state index is 12.6. The number of oxazole rings is 1. The summed E-state index contributed by atoms with van der Waals surface area (Å²) in [5.41, 5.74) is 0.478. The lowest BCUT2D eigenvalue weighted by molar-refractivity contribution is -0.274. The number of fused-ring (bicyclic) bond motifs is 2. The number of nitrogens with zero attached hydrogens (tertiary/aromatic N) is 1. The standard InChI is InChI=1S/C24H28F3N3O5/c1-13-17-8-14(23(17,2)3)9-18(13)30-22(32)19-11-34-21(29-19)10-28-20(31)12-33-15-4-6-16(7-5-15)35-24(25,26)27/h4-7,11,13-14,17-18H,8-10,12H2,1-3H3,(H,28,31)(H,30,32)/t13-,14+,17-,18-/m0/s1. The lowest BCUT2D eigenvalue weighted by atomic mass is 9.45. The number of carbonyl (C=O) groups excluding carboxylic acids is 2. The number of halogens is 3. The van der Waals surface area contributed by atoms with Crippen molar-refractivity contribution in [1.82, 2.24) is 15.6 Å². The van der Waals surface area contributed by atoms with Gasteiger partial charge >= 0.3 is 6.36 Å². The summed E-state index contributed by atoms with van der Waals surface area (Å²) in [5, 5.41) is 5.62. The Labute approximate surface area is 200 Å². The number of rotatable bonds is 8. The summed E-state index contributed by atoms with van der Waals surface area (Å²) < 4.78 is 50.9. The Bertz CT molecular complexity index is 1070. The summed E-state index contributed by atoms with van der Waals surface area (Å²) in [6.07, 6.45) is -1.35. The second-order valence-electron chi connectivity index (χ2n) is 9.75. The largest absolute Gasteiger partial charge is 0.573 e. The fraction of sp³-hybridized carbons (Fsp3) is 0.542. The summed E-state index contributed by atoms with van der Waals surface area (Å²) in [6, 6.07) is 4.77. The van der Waals surface area contributed by atoms with Gasteiger partial charge in [0.2, 0.25) is 5.89 Å². The lowest BCUT2D eigenvalue weighted by Crippen LogP contribution is -2.60. The third-order valence-corrected chi connectivity index (χ3v) is 7.32. The van der Waals surface area contributed by atoms with Crippen molar-refractivity contribution >= 4 is 11.8 Å². The topological polar surface area (TPSA) is 103 Å². The van der Waals surface area contributed by atoms with Crippen molar-refractivity contribution in [3.05, 3.63) is 42.1 Å². The van der Waals surface area contributed by atoms with Crippen molar-refractivity contribution in [3.8, 4) is 11.5 Å². The molecule has 2 amide bonds. The number of nitrogens with one attached hydrogen (secondary N) is 2. The minimum absolute atomic E-state index is 0.0496. The van der Waals surface area contributed by atoms with E-state index in [-0.39, 0.29) is 42.4 Å². The van der Waals surface area contributed by atoms with Gasteiger partial charge in [-0.15, -0.1) is 13.2 Å². The van der Waals surface area contributed by atoms with Gasteiger partial charge in [0.05, 0.1) is 6.54 Å². The minimum atomic E-state index is -4.78. The molecule has 2 bridgehead atoms. The highest BCUT2D eigenvalue weighted by molar-refractivity contribution is 5.92. The van der Waals surface area contributed by atoms with Gasteiger partial charge in [0, 0.05) is 6.04 Å². The predicted octanol–water partition coefficient (Wildman–Crippen LogP) is 4.07. The van der Waals surface area contributed by atoms with E-state index in [2.05, 4.69) is 41.1 Å². The number of hydrogen-bond donors (Lipinski definition) is 2. The zero-order valence-corrected chi connectivity index (χ0v) is 19.6. The Morgan fingerprint density at radius 3 is 2.49 bits per heavy atom. The number of hydrogen-bond acceptors (Lipinski definition) is 6. The zero-order chi connectivity index (χ0) is 25.4. The van der Waals surface area contributed by atoms with E-state index in [0.717, 1.165) is 18.6 Å². The molecule has 3 aliphatic carbocycles. The average Bonchev–Trinajstić information content (AvgIpc) is 3.26. The molecule has 5 rings (SSSR count). The van der Waals surface area contributed by atoms with Crippen molar-refractivity contribution in [2.45, 2.75) is 52.6 Å². The van der Waals surface area contributed by atoms with Gasteiger partial charge in [0.25, 0.3) is 11.8 Å². The quantitative estimate of drug-likeness (QED) is 0.573. The van der Waals surface area contributed by atoms with E-state index in [4.69, 9.17) is 9.15 Å². The SMILES string of the molecule is C[C@@H]1[C@@H](NC(=O)c2coc(CNC(=O)COc3ccc(OC(F)(F)F)cc3)n2)C[C@H]2C[C@@H]1C2(C)C. The maximum atomic E-state index is 12.6. The molecule has 0 unspecified atom stereocenters. The summed E-state index contributed by atoms with van der Waals surface area (Å²) in [4.78, 5) is 28.8. The normalized spacial score (nSPS) is 24.7. The Morgan fingerprint density at radius 1 is 1.17 bits per heavy atom. The summed E-state index contributed by atoms with van der Waals surface area (Å²) in [6.45, 7) is 6.36. The number of alkyl halides is 3. The van der Waals surface area contributed by atoms with Crippen molar-refractivity contribution in [3.63, 3.8) is 0 Å². The zero-order valence-electron chi connectivity index (χ0n) is 19.6. The fourth-order valence-electron chi connectivity index (χ4n) is 5.19. The number of amides is 2. The number of ether oxygens (including phenoxy) is 2. The first-order chi connectivity index (χ1) is 16.4. The summed E-state index contributed by atoms with van der Waals surface area (Å²) in [7, 11) is 0. The molecule has 3 fully saturated rings. The van der Waals surface area contributed by atoms with Crippen LogP contribution in [0.15, 0.2) is 34.9 Å². The molecule has 8 nitrogen and oxygen atoms in total. The van der Waals surface area contributed by atoms with Gasteiger partial charge in [-0.3, -0.25) is 9.59 Å². The van der Waals surface area contributed by atoms with Crippen LogP contribution in [-0.2, 0) is 11.3 Å². The van der Waals surface area contributed by atoms with Crippen molar-refractivity contribution in [2.75, 3.05) is 6.61 Å². The molecule has 1 aromatic heterocycles. The van der Waals surface area contributed by atoms with Gasteiger partial charge in [0.15, 0.2) is 12.3 Å². The molecule has 0 saturated heterocycles. The Kier molecular flexibility index (Phi) is 6.70. The van der Waals surface area contributed by atoms with Crippen LogP contribution in [0, 0.1) is 23.2 Å². The van der Waals surface area contributed by atoms with Crippen LogP contribution in [0.4, 0.5) is 13.2 Å². The van der Waals surface area contributed by atoms with Crippen LogP contribution in [0.25, 0.3) is 0 Å². The Balaban J connectivity index is 1.20. The molecule has 35 heavy (non-hydrogen) atoms. The molecule has 3 aliphatic rings. The summed E-state index contributed by atoms with van der Waals surface area (Å²) >= 11 is 0. The Hall–Kier alpha value is -3.24. The highest BCUT2D eigenvalue weighted by Crippen LogP contribution is 2.61. The van der Waals surface area contributed by atoms with Gasteiger partial charge in [-0.1, -0.05) is 20.8 Å². The molecule has 2 N–H and O–H groups in total. The van der Waals surface area contributed by atoms with Crippen LogP contribution < -0.4 is 20.1 Å². The van der Waals surface area contributed by atoms with E-state index in [9.17, 15) is 22.8 Å². The van der Waals surface area contributed by atoms with Crippen LogP contribution in [0.5, 0.6) is 11.5 Å². The second-order valence-corrected chi connectivity index (χ2v) is 9.75. The van der Waals surface area contributed by atoms with E-state index < -0.39 is 18.0 Å². The van der Waals surface area contributed by atoms with E-state index in [0.29, 0.717) is 23.2 Å². The Morgan fingerprint density at radius 2 is 1.86 bits per heavy atom. The molecule has 0 spiro atoms. The molecular formula is C24H28F3N3O5. The number of aromatic nitrogens is 1. The highest BCUT2D eigenvalue weighted by Gasteiger charge is 2.56. The number of benzene rings is 1. The maximum Gasteiger partial charge on any atom is 0.573 e. The third-order valence-electron chi connectivity index (χ3n) is 7.32. The van der Waals surface area contributed by atoms with Gasteiger partial charge in [-0.25, -0.2) is 4.98 Å². The van der Waals surface area contributed by atoms with Crippen LogP contribution in [0.3, 0.4) is 0 Å². The van der Waals surface area contributed by atoms with Crippen LogP contribution in [-0.4, -0.2) is 35.8 Å². The molecule has 190 valence electrons. The predicted molar refractivity (Wildman–Crippen MR) is 117 cm³/mol. The van der Waals surface area contributed by atoms with E-state index in [1.165, 1.54) is 24.8 Å². The molecule has 2 aromatic rings. The molecular weight excluding hydrogens is 467 g/mol. The van der Waals surface area contributed by atoms with Gasteiger partial charge in [-0.05, 0) is 60.3 Å². The first kappa shape index (κ1) is 24.9. The van der Waals surface area contributed by atoms with E-state index >= 15 is 0 Å². The van der Waals surface area contributed by atoms with Gasteiger partial charge < -0.3 is 24.5 Å². The molecule has 11 heteroatoms. The van der Waals surface area contributed by atoms with E-state index in [1.54, 1.807) is 0 Å². The van der Waals surface area contributed by atoms with Crippen LogP contribution in [0.1, 0.15) is 50.0 Å². The van der Waals surface area contributed by atoms with E-state index in [1.807, 2.05) is 0 Å². The summed E-state index contributed by atoms with van der Waals surface area (Å²) in [5.74, 6) is 0.773. The monoisotopic (exact) mass is 495 g/mol. The lowest BCUT2D eigenvalue weighted by Gasteiger charge is -2.62. The molecule has 3 saturated carbocycles. The van der Waals surface area contributed by atoms with Crippen molar-refractivity contribution < 1.29 is 36.7 Å². The van der Waals surface area contributed by atoms with Gasteiger partial charge in [-0.2, -0.15) is 0 Å². The molecule has 0 aliphatic heterocycles. The first-order valence-electron chi connectivity index (χ1n) is 11.4. The van der Waals surface area contributed by atoms with Crippen LogP contribution >= 0.6 is 0 Å². The smallest absolute Gasteiger partial charge is 0.484 e. The average molecular weight is 495 g/mol. The van der Waals surface area contributed by atoms with Crippen molar-refractivity contribution in [2.24, 2.45) is 23.2 Å². The molecule has 0 radical (unpaired) electrons.